The SMILES string of the molecule is CC1CC(C)N(C(=O)c2sc3cc(Br)ccc3c2N)C1. The molecule has 0 aliphatic carbocycles. The molecular formula is C15H17BrN2OS. The molecule has 1 amide bonds. The first-order valence-corrected chi connectivity index (χ1v) is 8.37. The van der Waals surface area contributed by atoms with Gasteiger partial charge in [0, 0.05) is 27.1 Å². The fourth-order valence-electron chi connectivity index (χ4n) is 2.96. The highest BCUT2D eigenvalue weighted by Gasteiger charge is 2.32. The molecule has 0 spiro atoms. The van der Waals surface area contributed by atoms with Crippen LogP contribution in [0, 0.1) is 5.92 Å². The molecule has 1 aliphatic heterocycles. The lowest BCUT2D eigenvalue weighted by Crippen LogP contribution is -2.33. The Morgan fingerprint density at radius 3 is 2.85 bits per heavy atom. The summed E-state index contributed by atoms with van der Waals surface area (Å²) in [5.74, 6) is 0.648. The number of nitrogen functional groups attached to an aromatic ring is 1. The molecule has 2 heterocycles. The Morgan fingerprint density at radius 2 is 2.20 bits per heavy atom. The van der Waals surface area contributed by atoms with E-state index in [-0.39, 0.29) is 5.91 Å². The zero-order chi connectivity index (χ0) is 14.4. The monoisotopic (exact) mass is 352 g/mol. The zero-order valence-corrected chi connectivity index (χ0v) is 13.9. The lowest BCUT2D eigenvalue weighted by Gasteiger charge is -2.20. The quantitative estimate of drug-likeness (QED) is 0.838. The third-order valence-electron chi connectivity index (χ3n) is 3.93. The summed E-state index contributed by atoms with van der Waals surface area (Å²) in [5, 5.41) is 0.974. The molecule has 20 heavy (non-hydrogen) atoms. The number of halogens is 1. The summed E-state index contributed by atoms with van der Waals surface area (Å²) in [6, 6.07) is 6.25. The Morgan fingerprint density at radius 1 is 1.45 bits per heavy atom. The van der Waals surface area contributed by atoms with Gasteiger partial charge in [-0.15, -0.1) is 11.3 Å². The number of hydrogen-bond donors (Lipinski definition) is 1. The molecule has 0 radical (unpaired) electrons. The van der Waals surface area contributed by atoms with Crippen molar-refractivity contribution in [3.63, 3.8) is 0 Å². The average molecular weight is 353 g/mol. The van der Waals surface area contributed by atoms with Crippen LogP contribution < -0.4 is 5.73 Å². The molecule has 2 aromatic rings. The second kappa shape index (κ2) is 5.04. The molecular weight excluding hydrogens is 336 g/mol. The number of fused-ring (bicyclic) bond motifs is 1. The normalized spacial score (nSPS) is 22.6. The molecule has 1 saturated heterocycles. The number of hydrogen-bond acceptors (Lipinski definition) is 3. The van der Waals surface area contributed by atoms with Gasteiger partial charge in [-0.2, -0.15) is 0 Å². The molecule has 3 rings (SSSR count). The standard InChI is InChI=1S/C15H17BrN2OS/c1-8-5-9(2)18(7-8)15(19)14-13(17)11-4-3-10(16)6-12(11)20-14/h3-4,6,8-9H,5,7,17H2,1-2H3. The second-order valence-electron chi connectivity index (χ2n) is 5.63. The van der Waals surface area contributed by atoms with E-state index in [4.69, 9.17) is 5.73 Å². The molecule has 0 bridgehead atoms. The smallest absolute Gasteiger partial charge is 0.266 e. The Labute approximate surface area is 130 Å². The molecule has 1 fully saturated rings. The number of nitrogens with zero attached hydrogens (tertiary/aromatic N) is 1. The number of carbonyl (C=O) groups is 1. The molecule has 1 aliphatic rings. The van der Waals surface area contributed by atoms with Crippen LogP contribution in [0.4, 0.5) is 5.69 Å². The van der Waals surface area contributed by atoms with Crippen LogP contribution in [0.1, 0.15) is 29.9 Å². The van der Waals surface area contributed by atoms with Crippen molar-refractivity contribution >= 4 is 48.9 Å². The summed E-state index contributed by atoms with van der Waals surface area (Å²) in [7, 11) is 0. The van der Waals surface area contributed by atoms with Crippen LogP contribution in [-0.4, -0.2) is 23.4 Å². The van der Waals surface area contributed by atoms with Crippen molar-refractivity contribution in [2.24, 2.45) is 5.92 Å². The molecule has 2 unspecified atom stereocenters. The van der Waals surface area contributed by atoms with Gasteiger partial charge < -0.3 is 10.6 Å². The lowest BCUT2D eigenvalue weighted by molar-refractivity contribution is 0.0749. The number of benzene rings is 1. The summed E-state index contributed by atoms with van der Waals surface area (Å²) in [5.41, 5.74) is 6.80. The van der Waals surface area contributed by atoms with Crippen molar-refractivity contribution in [1.29, 1.82) is 0 Å². The van der Waals surface area contributed by atoms with E-state index in [0.29, 0.717) is 22.5 Å². The molecule has 0 saturated carbocycles. The largest absolute Gasteiger partial charge is 0.397 e. The maximum atomic E-state index is 12.7. The number of rotatable bonds is 1. The molecule has 2 N–H and O–H groups in total. The van der Waals surface area contributed by atoms with Crippen LogP contribution in [0.25, 0.3) is 10.1 Å². The summed E-state index contributed by atoms with van der Waals surface area (Å²) < 4.78 is 2.06. The summed E-state index contributed by atoms with van der Waals surface area (Å²) >= 11 is 4.95. The lowest BCUT2D eigenvalue weighted by atomic mass is 10.1. The Bertz CT molecular complexity index is 682. The number of anilines is 1. The van der Waals surface area contributed by atoms with Gasteiger partial charge in [0.05, 0.1) is 5.69 Å². The number of nitrogens with two attached hydrogens (primary N) is 1. The summed E-state index contributed by atoms with van der Waals surface area (Å²) in [4.78, 5) is 15.4. The third kappa shape index (κ3) is 2.23. The van der Waals surface area contributed by atoms with Crippen molar-refractivity contribution < 1.29 is 4.79 Å². The van der Waals surface area contributed by atoms with Crippen LogP contribution in [0.2, 0.25) is 0 Å². The van der Waals surface area contributed by atoms with Crippen LogP contribution in [-0.2, 0) is 0 Å². The molecule has 106 valence electrons. The van der Waals surface area contributed by atoms with Crippen molar-refractivity contribution in [3.05, 3.63) is 27.5 Å². The fraction of sp³-hybridized carbons (Fsp3) is 0.400. The Kier molecular flexibility index (Phi) is 3.50. The topological polar surface area (TPSA) is 46.3 Å². The third-order valence-corrected chi connectivity index (χ3v) is 5.58. The number of amides is 1. The van der Waals surface area contributed by atoms with E-state index in [1.165, 1.54) is 11.3 Å². The predicted molar refractivity (Wildman–Crippen MR) is 88.2 cm³/mol. The highest BCUT2D eigenvalue weighted by atomic mass is 79.9. The number of likely N-dealkylation sites (tertiary alicyclic amines) is 1. The highest BCUT2D eigenvalue weighted by Crippen LogP contribution is 2.37. The Hall–Kier alpha value is -1.07. The van der Waals surface area contributed by atoms with Crippen molar-refractivity contribution in [1.82, 2.24) is 4.90 Å². The molecule has 5 heteroatoms. The first-order chi connectivity index (χ1) is 9.47. The number of thiophene rings is 1. The van der Waals surface area contributed by atoms with Gasteiger partial charge >= 0.3 is 0 Å². The van der Waals surface area contributed by atoms with E-state index < -0.39 is 0 Å². The van der Waals surface area contributed by atoms with Crippen LogP contribution in [0.5, 0.6) is 0 Å². The molecule has 2 atom stereocenters. The van der Waals surface area contributed by atoms with Gasteiger partial charge in [-0.1, -0.05) is 28.9 Å². The minimum atomic E-state index is 0.0803. The van der Waals surface area contributed by atoms with Gasteiger partial charge in [-0.3, -0.25) is 4.79 Å². The van der Waals surface area contributed by atoms with Crippen LogP contribution in [0.3, 0.4) is 0 Å². The fourth-order valence-corrected chi connectivity index (χ4v) is 4.59. The first-order valence-electron chi connectivity index (χ1n) is 6.76. The van der Waals surface area contributed by atoms with Crippen molar-refractivity contribution in [3.8, 4) is 0 Å². The van der Waals surface area contributed by atoms with Crippen molar-refractivity contribution in [2.45, 2.75) is 26.3 Å². The molecule has 1 aromatic carbocycles. The minimum Gasteiger partial charge on any atom is -0.397 e. The van der Waals surface area contributed by atoms with Gasteiger partial charge in [-0.25, -0.2) is 0 Å². The average Bonchev–Trinajstić information content (AvgIpc) is 2.89. The molecule has 3 nitrogen and oxygen atoms in total. The highest BCUT2D eigenvalue weighted by molar-refractivity contribution is 9.10. The van der Waals surface area contributed by atoms with Gasteiger partial charge in [0.25, 0.3) is 5.91 Å². The summed E-state index contributed by atoms with van der Waals surface area (Å²) in [6.07, 6.45) is 1.07. The van der Waals surface area contributed by atoms with E-state index >= 15 is 0 Å². The zero-order valence-electron chi connectivity index (χ0n) is 11.5. The van der Waals surface area contributed by atoms with E-state index in [2.05, 4.69) is 29.8 Å². The number of carbonyl (C=O) groups excluding carboxylic acids is 1. The molecule has 1 aromatic heterocycles. The van der Waals surface area contributed by atoms with E-state index in [0.717, 1.165) is 27.5 Å². The van der Waals surface area contributed by atoms with E-state index in [9.17, 15) is 4.79 Å². The van der Waals surface area contributed by atoms with Crippen LogP contribution in [0.15, 0.2) is 22.7 Å². The minimum absolute atomic E-state index is 0.0803. The van der Waals surface area contributed by atoms with Crippen molar-refractivity contribution in [2.75, 3.05) is 12.3 Å². The van der Waals surface area contributed by atoms with Gasteiger partial charge in [0.1, 0.15) is 4.88 Å². The first kappa shape index (κ1) is 13.9. The second-order valence-corrected chi connectivity index (χ2v) is 7.60. The van der Waals surface area contributed by atoms with Crippen LogP contribution >= 0.6 is 27.3 Å². The van der Waals surface area contributed by atoms with E-state index in [1.807, 2.05) is 23.1 Å². The maximum absolute atomic E-state index is 12.7. The van der Waals surface area contributed by atoms with E-state index in [1.54, 1.807) is 0 Å². The van der Waals surface area contributed by atoms with Gasteiger partial charge in [-0.05, 0) is 31.4 Å². The predicted octanol–water partition coefficient (Wildman–Crippen LogP) is 4.12. The van der Waals surface area contributed by atoms with Gasteiger partial charge in [0.15, 0.2) is 0 Å². The van der Waals surface area contributed by atoms with Gasteiger partial charge in [0.2, 0.25) is 0 Å². The summed E-state index contributed by atoms with van der Waals surface area (Å²) in [6.45, 7) is 5.13. The maximum Gasteiger partial charge on any atom is 0.266 e. The Balaban J connectivity index is 2.02.